The zero-order valence-electron chi connectivity index (χ0n) is 8.21. The Bertz CT molecular complexity index is 149. The standard InChI is InChI=1S/C9H19NOS/c1-9(2)8(11)4-5-10(9)6-7-12-3/h8,11H,4-7H2,1-3H3. The van der Waals surface area contributed by atoms with E-state index in [1.807, 2.05) is 11.8 Å². The van der Waals surface area contributed by atoms with Gasteiger partial charge in [0.2, 0.25) is 0 Å². The molecule has 1 unspecified atom stereocenters. The molecule has 3 heteroatoms. The zero-order chi connectivity index (χ0) is 9.19. The maximum atomic E-state index is 9.68. The Kier molecular flexibility index (Phi) is 3.44. The van der Waals surface area contributed by atoms with Crippen LogP contribution < -0.4 is 0 Å². The number of hydrogen-bond donors (Lipinski definition) is 1. The van der Waals surface area contributed by atoms with Gasteiger partial charge in [0, 0.05) is 24.4 Å². The molecule has 0 saturated carbocycles. The van der Waals surface area contributed by atoms with Crippen LogP contribution in [0.5, 0.6) is 0 Å². The van der Waals surface area contributed by atoms with Gasteiger partial charge in [0.1, 0.15) is 0 Å². The minimum atomic E-state index is -0.139. The topological polar surface area (TPSA) is 23.5 Å². The van der Waals surface area contributed by atoms with Gasteiger partial charge in [-0.15, -0.1) is 0 Å². The molecule has 0 aliphatic carbocycles. The van der Waals surface area contributed by atoms with Crippen molar-refractivity contribution in [1.82, 2.24) is 4.90 Å². The van der Waals surface area contributed by atoms with Crippen molar-refractivity contribution in [3.8, 4) is 0 Å². The van der Waals surface area contributed by atoms with Crippen molar-refractivity contribution in [3.63, 3.8) is 0 Å². The summed E-state index contributed by atoms with van der Waals surface area (Å²) in [6, 6.07) is 0. The van der Waals surface area contributed by atoms with Crippen LogP contribution in [0.15, 0.2) is 0 Å². The molecule has 0 spiro atoms. The Morgan fingerprint density at radius 2 is 2.25 bits per heavy atom. The van der Waals surface area contributed by atoms with Crippen LogP contribution in [0.2, 0.25) is 0 Å². The highest BCUT2D eigenvalue weighted by Gasteiger charge is 2.39. The summed E-state index contributed by atoms with van der Waals surface area (Å²) in [5.74, 6) is 1.16. The molecule has 1 heterocycles. The molecular weight excluding hydrogens is 170 g/mol. The van der Waals surface area contributed by atoms with Crippen molar-refractivity contribution in [2.24, 2.45) is 0 Å². The molecule has 1 fully saturated rings. The first kappa shape index (κ1) is 10.4. The van der Waals surface area contributed by atoms with Crippen molar-refractivity contribution >= 4 is 11.8 Å². The third kappa shape index (κ3) is 1.95. The quantitative estimate of drug-likeness (QED) is 0.721. The smallest absolute Gasteiger partial charge is 0.0730 e. The van der Waals surface area contributed by atoms with Gasteiger partial charge < -0.3 is 5.11 Å². The number of nitrogens with zero attached hydrogens (tertiary/aromatic N) is 1. The van der Waals surface area contributed by atoms with Gasteiger partial charge in [0.05, 0.1) is 6.10 Å². The van der Waals surface area contributed by atoms with Gasteiger partial charge in [-0.1, -0.05) is 0 Å². The van der Waals surface area contributed by atoms with E-state index in [4.69, 9.17) is 0 Å². The SMILES string of the molecule is CSCCN1CCC(O)C1(C)C. The minimum absolute atomic E-state index is 0.00424. The highest BCUT2D eigenvalue weighted by molar-refractivity contribution is 7.98. The van der Waals surface area contributed by atoms with E-state index in [1.54, 1.807) is 0 Å². The van der Waals surface area contributed by atoms with Crippen LogP contribution >= 0.6 is 11.8 Å². The summed E-state index contributed by atoms with van der Waals surface area (Å²) in [7, 11) is 0. The Morgan fingerprint density at radius 3 is 2.67 bits per heavy atom. The van der Waals surface area contributed by atoms with Gasteiger partial charge >= 0.3 is 0 Å². The molecule has 1 N–H and O–H groups in total. The number of thioether (sulfide) groups is 1. The van der Waals surface area contributed by atoms with E-state index < -0.39 is 0 Å². The Balaban J connectivity index is 2.44. The minimum Gasteiger partial charge on any atom is -0.391 e. The molecule has 1 rings (SSSR count). The fraction of sp³-hybridized carbons (Fsp3) is 1.00. The Hall–Kier alpha value is 0.270. The molecule has 1 aliphatic rings. The van der Waals surface area contributed by atoms with Crippen LogP contribution in [0.1, 0.15) is 20.3 Å². The average molecular weight is 189 g/mol. The van der Waals surface area contributed by atoms with Gasteiger partial charge in [0.25, 0.3) is 0 Å². The van der Waals surface area contributed by atoms with Gasteiger partial charge in [-0.2, -0.15) is 11.8 Å². The van der Waals surface area contributed by atoms with E-state index in [2.05, 4.69) is 25.0 Å². The van der Waals surface area contributed by atoms with Crippen LogP contribution in [0.4, 0.5) is 0 Å². The third-order valence-corrected chi connectivity index (χ3v) is 3.46. The lowest BCUT2D eigenvalue weighted by atomic mass is 9.99. The summed E-state index contributed by atoms with van der Waals surface area (Å²) in [5.41, 5.74) is -0.00424. The number of rotatable bonds is 3. The number of hydrogen-bond acceptors (Lipinski definition) is 3. The second-order valence-electron chi connectivity index (χ2n) is 3.94. The zero-order valence-corrected chi connectivity index (χ0v) is 9.02. The van der Waals surface area contributed by atoms with E-state index in [1.165, 1.54) is 0 Å². The van der Waals surface area contributed by atoms with E-state index in [9.17, 15) is 5.11 Å². The monoisotopic (exact) mass is 189 g/mol. The van der Waals surface area contributed by atoms with Crippen LogP contribution in [-0.4, -0.2) is 46.7 Å². The number of aliphatic hydroxyl groups is 1. The van der Waals surface area contributed by atoms with Gasteiger partial charge in [-0.25, -0.2) is 0 Å². The van der Waals surface area contributed by atoms with Crippen molar-refractivity contribution < 1.29 is 5.11 Å². The van der Waals surface area contributed by atoms with Gasteiger partial charge in [-0.3, -0.25) is 4.90 Å². The van der Waals surface area contributed by atoms with Gasteiger partial charge in [0.15, 0.2) is 0 Å². The highest BCUT2D eigenvalue weighted by Crippen LogP contribution is 2.28. The Morgan fingerprint density at radius 1 is 1.58 bits per heavy atom. The molecule has 0 aromatic carbocycles. The maximum Gasteiger partial charge on any atom is 0.0730 e. The van der Waals surface area contributed by atoms with Crippen molar-refractivity contribution in [2.75, 3.05) is 25.1 Å². The van der Waals surface area contributed by atoms with Crippen LogP contribution in [0.25, 0.3) is 0 Å². The van der Waals surface area contributed by atoms with E-state index in [-0.39, 0.29) is 11.6 Å². The van der Waals surface area contributed by atoms with Crippen LogP contribution in [0.3, 0.4) is 0 Å². The van der Waals surface area contributed by atoms with E-state index >= 15 is 0 Å². The summed E-state index contributed by atoms with van der Waals surface area (Å²) in [5, 5.41) is 9.68. The molecule has 0 bridgehead atoms. The highest BCUT2D eigenvalue weighted by atomic mass is 32.2. The second-order valence-corrected chi connectivity index (χ2v) is 4.92. The second kappa shape index (κ2) is 3.99. The molecule has 1 aliphatic heterocycles. The van der Waals surface area contributed by atoms with Crippen molar-refractivity contribution in [1.29, 1.82) is 0 Å². The molecule has 0 amide bonds. The fourth-order valence-corrected chi connectivity index (χ4v) is 2.13. The molecule has 1 atom stereocenters. The van der Waals surface area contributed by atoms with Crippen LogP contribution in [-0.2, 0) is 0 Å². The predicted octanol–water partition coefficient (Wildman–Crippen LogP) is 1.19. The molecule has 12 heavy (non-hydrogen) atoms. The molecule has 0 radical (unpaired) electrons. The largest absolute Gasteiger partial charge is 0.391 e. The average Bonchev–Trinajstić information content (AvgIpc) is 2.25. The molecule has 72 valence electrons. The maximum absolute atomic E-state index is 9.68. The van der Waals surface area contributed by atoms with Crippen molar-refractivity contribution in [2.45, 2.75) is 31.9 Å². The first-order valence-electron chi connectivity index (χ1n) is 4.51. The summed E-state index contributed by atoms with van der Waals surface area (Å²) in [6.07, 6.45) is 2.92. The van der Waals surface area contributed by atoms with Crippen molar-refractivity contribution in [3.05, 3.63) is 0 Å². The molecule has 2 nitrogen and oxygen atoms in total. The van der Waals surface area contributed by atoms with Gasteiger partial charge in [-0.05, 0) is 26.5 Å². The normalized spacial score (nSPS) is 29.5. The number of likely N-dealkylation sites (tertiary alicyclic amines) is 1. The molecule has 0 aromatic rings. The lowest BCUT2D eigenvalue weighted by Gasteiger charge is -2.33. The lowest BCUT2D eigenvalue weighted by molar-refractivity contribution is 0.0582. The summed E-state index contributed by atoms with van der Waals surface area (Å²) in [4.78, 5) is 2.38. The van der Waals surface area contributed by atoms with E-state index in [0.717, 1.165) is 25.3 Å². The molecule has 0 aromatic heterocycles. The number of aliphatic hydroxyl groups excluding tert-OH is 1. The summed E-state index contributed by atoms with van der Waals surface area (Å²) < 4.78 is 0. The van der Waals surface area contributed by atoms with E-state index in [0.29, 0.717) is 0 Å². The van der Waals surface area contributed by atoms with Crippen LogP contribution in [0, 0.1) is 0 Å². The fourth-order valence-electron chi connectivity index (χ4n) is 1.73. The summed E-state index contributed by atoms with van der Waals surface area (Å²) >= 11 is 1.87. The molecular formula is C9H19NOS. The third-order valence-electron chi connectivity index (χ3n) is 2.87. The first-order valence-corrected chi connectivity index (χ1v) is 5.90. The Labute approximate surface area is 79.3 Å². The lowest BCUT2D eigenvalue weighted by Crippen LogP contribution is -2.45. The predicted molar refractivity (Wildman–Crippen MR) is 54.7 cm³/mol. The summed E-state index contributed by atoms with van der Waals surface area (Å²) in [6.45, 7) is 6.41. The first-order chi connectivity index (χ1) is 5.59. The molecule has 1 saturated heterocycles.